The molecule has 0 spiro atoms. The molecule has 64 heavy (non-hydrogen) atoms. The van der Waals surface area contributed by atoms with Gasteiger partial charge in [0.05, 0.1) is 17.1 Å². The first-order chi connectivity index (χ1) is 31.7. The molecule has 6 aliphatic rings. The molecule has 0 bridgehead atoms. The molecular formula is C63H39N. The van der Waals surface area contributed by atoms with E-state index in [2.05, 4.69) is 205 Å². The molecule has 0 saturated carbocycles. The zero-order chi connectivity index (χ0) is 41.6. The van der Waals surface area contributed by atoms with Gasteiger partial charge in [0.15, 0.2) is 0 Å². The molecule has 3 heterocycles. The van der Waals surface area contributed by atoms with Crippen molar-refractivity contribution in [2.45, 2.75) is 19.3 Å². The number of fused-ring (bicyclic) bond motifs is 9. The molecule has 296 valence electrons. The minimum absolute atomic E-state index is 0.906. The highest BCUT2D eigenvalue weighted by Gasteiger charge is 2.38. The summed E-state index contributed by atoms with van der Waals surface area (Å²) >= 11 is 0. The lowest BCUT2D eigenvalue weighted by molar-refractivity contribution is 0.954. The summed E-state index contributed by atoms with van der Waals surface area (Å²) in [6.45, 7) is 0. The number of rotatable bonds is 3. The van der Waals surface area contributed by atoms with E-state index in [0.29, 0.717) is 0 Å². The second-order valence-electron chi connectivity index (χ2n) is 18.4. The van der Waals surface area contributed by atoms with Crippen LogP contribution in [0.4, 0.5) is 17.1 Å². The second kappa shape index (κ2) is 12.8. The van der Waals surface area contributed by atoms with E-state index in [9.17, 15) is 0 Å². The lowest BCUT2D eigenvalue weighted by Gasteiger charge is -2.44. The van der Waals surface area contributed by atoms with Crippen molar-refractivity contribution in [3.05, 3.63) is 265 Å². The summed E-state index contributed by atoms with van der Waals surface area (Å²) in [5, 5.41) is 0. The van der Waals surface area contributed by atoms with Crippen molar-refractivity contribution in [2.75, 3.05) is 4.90 Å². The van der Waals surface area contributed by atoms with Crippen LogP contribution in [0.2, 0.25) is 0 Å². The van der Waals surface area contributed by atoms with Crippen molar-refractivity contribution in [3.63, 3.8) is 0 Å². The summed E-state index contributed by atoms with van der Waals surface area (Å²) in [6.07, 6.45) is 10.1. The Labute approximate surface area is 373 Å². The van der Waals surface area contributed by atoms with Gasteiger partial charge in [-0.05, 0) is 188 Å². The predicted molar refractivity (Wildman–Crippen MR) is 266 cm³/mol. The summed E-state index contributed by atoms with van der Waals surface area (Å²) in [5.74, 6) is 0. The molecule has 0 radical (unpaired) electrons. The van der Waals surface area contributed by atoms with Gasteiger partial charge in [0.25, 0.3) is 0 Å². The largest absolute Gasteiger partial charge is 0.309 e. The Bertz CT molecular complexity index is 3100. The van der Waals surface area contributed by atoms with Crippen molar-refractivity contribution in [1.29, 1.82) is 0 Å². The summed E-state index contributed by atoms with van der Waals surface area (Å²) in [6, 6.07) is 68.5. The standard InChI is InChI=1S/C63H39N/c1-7-19-52-46(13-1)47-14-2-8-20-53(47)58(52)31-37-25-40-34-42-27-38(32-59-54-21-9-3-15-48(54)49-16-4-10-22-55(49)59)29-44-36-45-30-39(28-43-35-41(26-37)61(40)64(62(42)44)63(43)45)33-60-56-23-11-5-17-50(56)51-18-6-12-24-57(51)60/h1-33H,34-36H2. The summed E-state index contributed by atoms with van der Waals surface area (Å²) in [7, 11) is 0. The summed E-state index contributed by atoms with van der Waals surface area (Å²) in [4.78, 5) is 2.68. The highest BCUT2D eigenvalue weighted by atomic mass is 15.2. The van der Waals surface area contributed by atoms with Crippen molar-refractivity contribution >= 4 is 52.0 Å². The molecule has 1 nitrogen and oxygen atoms in total. The molecule has 0 aromatic heterocycles. The Hall–Kier alpha value is -8.00. The van der Waals surface area contributed by atoms with Crippen LogP contribution in [0.1, 0.15) is 83.5 Å². The van der Waals surface area contributed by atoms with E-state index in [1.165, 1.54) is 151 Å². The normalized spacial score (nSPS) is 14.2. The fourth-order valence-electron chi connectivity index (χ4n) is 12.4. The fraction of sp³-hybridized carbons (Fsp3) is 0.0476. The smallest absolute Gasteiger partial charge is 0.0533 e. The third-order valence-corrected chi connectivity index (χ3v) is 14.8. The van der Waals surface area contributed by atoms with Crippen molar-refractivity contribution in [3.8, 4) is 33.4 Å². The minimum atomic E-state index is 0.906. The van der Waals surface area contributed by atoms with Gasteiger partial charge in [-0.3, -0.25) is 0 Å². The Morgan fingerprint density at radius 1 is 0.250 bits per heavy atom. The van der Waals surface area contributed by atoms with Gasteiger partial charge in [-0.15, -0.1) is 0 Å². The average Bonchev–Trinajstić information content (AvgIpc) is 3.94. The third kappa shape index (κ3) is 4.79. The van der Waals surface area contributed by atoms with Crippen LogP contribution in [0.25, 0.3) is 68.3 Å². The lowest BCUT2D eigenvalue weighted by Crippen LogP contribution is -2.30. The molecule has 0 saturated heterocycles. The Morgan fingerprint density at radius 3 is 0.641 bits per heavy atom. The van der Waals surface area contributed by atoms with E-state index in [4.69, 9.17) is 0 Å². The SMILES string of the molecule is C(=C1c2ccccc2-c2ccccc21)c1cc2c3c(c1)Cc1cc(C=C4c5ccccc5-c5ccccc54)cc4c1N3c1c(cc(C=C3c5ccccc5-c5ccccc53)cc1C4)C2. The Morgan fingerprint density at radius 2 is 0.438 bits per heavy atom. The average molecular weight is 810 g/mol. The lowest BCUT2D eigenvalue weighted by atomic mass is 9.78. The first-order valence-corrected chi connectivity index (χ1v) is 22.7. The van der Waals surface area contributed by atoms with Crippen LogP contribution in [-0.4, -0.2) is 0 Å². The van der Waals surface area contributed by atoms with E-state index in [-0.39, 0.29) is 0 Å². The van der Waals surface area contributed by atoms with Gasteiger partial charge in [0.2, 0.25) is 0 Å². The third-order valence-electron chi connectivity index (χ3n) is 14.8. The van der Waals surface area contributed by atoms with Crippen LogP contribution in [0.5, 0.6) is 0 Å². The van der Waals surface area contributed by atoms with E-state index in [0.717, 1.165) is 19.3 Å². The van der Waals surface area contributed by atoms with E-state index in [1.54, 1.807) is 0 Å². The maximum atomic E-state index is 2.68. The Kier molecular flexibility index (Phi) is 6.91. The van der Waals surface area contributed by atoms with Gasteiger partial charge in [0, 0.05) is 19.3 Å². The van der Waals surface area contributed by atoms with Crippen LogP contribution >= 0.6 is 0 Å². The molecule has 0 fully saturated rings. The summed E-state index contributed by atoms with van der Waals surface area (Å²) in [5.41, 5.74) is 36.2. The van der Waals surface area contributed by atoms with Gasteiger partial charge >= 0.3 is 0 Å². The molecule has 1 heteroatoms. The molecule has 3 aliphatic carbocycles. The number of anilines is 3. The minimum Gasteiger partial charge on any atom is -0.309 e. The van der Waals surface area contributed by atoms with Crippen molar-refractivity contribution < 1.29 is 0 Å². The molecule has 9 aromatic carbocycles. The van der Waals surface area contributed by atoms with Crippen LogP contribution in [-0.2, 0) is 19.3 Å². The van der Waals surface area contributed by atoms with Gasteiger partial charge in [0.1, 0.15) is 0 Å². The van der Waals surface area contributed by atoms with E-state index in [1.807, 2.05) is 0 Å². The molecule has 0 atom stereocenters. The zero-order valence-electron chi connectivity index (χ0n) is 35.1. The monoisotopic (exact) mass is 809 g/mol. The second-order valence-corrected chi connectivity index (χ2v) is 18.4. The number of hydrogen-bond acceptors (Lipinski definition) is 1. The number of benzene rings is 9. The van der Waals surface area contributed by atoms with E-state index >= 15 is 0 Å². The number of nitrogens with zero attached hydrogens (tertiary/aromatic N) is 1. The van der Waals surface area contributed by atoms with Crippen LogP contribution < -0.4 is 4.90 Å². The summed E-state index contributed by atoms with van der Waals surface area (Å²) < 4.78 is 0. The molecule has 15 rings (SSSR count). The highest BCUT2D eigenvalue weighted by Crippen LogP contribution is 2.57. The van der Waals surface area contributed by atoms with Gasteiger partial charge < -0.3 is 4.90 Å². The van der Waals surface area contributed by atoms with E-state index < -0.39 is 0 Å². The van der Waals surface area contributed by atoms with Gasteiger partial charge in [-0.1, -0.05) is 146 Å². The topological polar surface area (TPSA) is 3.24 Å². The highest BCUT2D eigenvalue weighted by molar-refractivity contribution is 6.09. The Balaban J connectivity index is 0.940. The molecule has 0 amide bonds. The predicted octanol–water partition coefficient (Wildman–Crippen LogP) is 15.6. The van der Waals surface area contributed by atoms with Crippen LogP contribution in [0.15, 0.2) is 182 Å². The zero-order valence-corrected chi connectivity index (χ0v) is 35.1. The number of hydrogen-bond donors (Lipinski definition) is 0. The maximum absolute atomic E-state index is 2.68. The van der Waals surface area contributed by atoms with Crippen LogP contribution in [0.3, 0.4) is 0 Å². The first-order valence-electron chi connectivity index (χ1n) is 22.7. The quantitative estimate of drug-likeness (QED) is 0.172. The first kappa shape index (κ1) is 34.6. The van der Waals surface area contributed by atoms with Crippen molar-refractivity contribution in [2.24, 2.45) is 0 Å². The molecule has 0 unspecified atom stereocenters. The molecular weight excluding hydrogens is 771 g/mol. The molecule has 3 aliphatic heterocycles. The fourth-order valence-corrected chi connectivity index (χ4v) is 12.4. The van der Waals surface area contributed by atoms with Gasteiger partial charge in [-0.25, -0.2) is 0 Å². The van der Waals surface area contributed by atoms with Crippen LogP contribution in [0, 0.1) is 0 Å². The molecule has 9 aromatic rings. The van der Waals surface area contributed by atoms with Crippen molar-refractivity contribution in [1.82, 2.24) is 0 Å². The maximum Gasteiger partial charge on any atom is 0.0533 e. The molecule has 0 N–H and O–H groups in total. The van der Waals surface area contributed by atoms with Gasteiger partial charge in [-0.2, -0.15) is 0 Å².